The molecule has 1 unspecified atom stereocenters. The van der Waals surface area contributed by atoms with Crippen LogP contribution in [0.2, 0.25) is 0 Å². The molecule has 0 aliphatic heterocycles. The standard InChI is InChI=1S/C13H24O2/c14-13(12-8-2-1-3-9-12)15-10-11-6-4-5-7-11/h11-14H,1-10H2. The highest BCUT2D eigenvalue weighted by atomic mass is 16.6. The average molecular weight is 212 g/mol. The quantitative estimate of drug-likeness (QED) is 0.726. The van der Waals surface area contributed by atoms with Gasteiger partial charge in [0.05, 0.1) is 6.61 Å². The van der Waals surface area contributed by atoms with Crippen LogP contribution in [0.3, 0.4) is 0 Å². The zero-order valence-corrected chi connectivity index (χ0v) is 9.66. The molecule has 2 rings (SSSR count). The first-order chi connectivity index (χ1) is 7.36. The fraction of sp³-hybridized carbons (Fsp3) is 1.00. The van der Waals surface area contributed by atoms with E-state index in [-0.39, 0.29) is 0 Å². The molecule has 1 atom stereocenters. The van der Waals surface area contributed by atoms with E-state index in [4.69, 9.17) is 4.74 Å². The molecule has 2 fully saturated rings. The van der Waals surface area contributed by atoms with Crippen LogP contribution in [0.5, 0.6) is 0 Å². The molecule has 2 saturated carbocycles. The minimum absolute atomic E-state index is 0.417. The van der Waals surface area contributed by atoms with Crippen molar-refractivity contribution in [2.45, 2.75) is 64.1 Å². The average Bonchev–Trinajstić information content (AvgIpc) is 2.80. The lowest BCUT2D eigenvalue weighted by atomic mass is 9.89. The Balaban J connectivity index is 1.64. The Morgan fingerprint density at radius 1 is 0.933 bits per heavy atom. The van der Waals surface area contributed by atoms with E-state index in [2.05, 4.69) is 0 Å². The summed E-state index contributed by atoms with van der Waals surface area (Å²) in [5.74, 6) is 1.14. The van der Waals surface area contributed by atoms with Gasteiger partial charge in [0.1, 0.15) is 0 Å². The molecule has 0 amide bonds. The molecule has 0 bridgehead atoms. The van der Waals surface area contributed by atoms with Crippen molar-refractivity contribution in [3.63, 3.8) is 0 Å². The van der Waals surface area contributed by atoms with Gasteiger partial charge in [-0.05, 0) is 31.6 Å². The van der Waals surface area contributed by atoms with E-state index in [9.17, 15) is 5.11 Å². The van der Waals surface area contributed by atoms with E-state index in [1.165, 1.54) is 44.9 Å². The molecule has 0 heterocycles. The van der Waals surface area contributed by atoms with E-state index in [1.807, 2.05) is 0 Å². The third kappa shape index (κ3) is 3.46. The fourth-order valence-corrected chi connectivity index (χ4v) is 2.97. The van der Waals surface area contributed by atoms with Crippen LogP contribution in [0.1, 0.15) is 57.8 Å². The van der Waals surface area contributed by atoms with Crippen molar-refractivity contribution in [1.82, 2.24) is 0 Å². The predicted molar refractivity (Wildman–Crippen MR) is 60.5 cm³/mol. The molecular formula is C13H24O2. The van der Waals surface area contributed by atoms with Gasteiger partial charge in [-0.3, -0.25) is 0 Å². The van der Waals surface area contributed by atoms with Crippen molar-refractivity contribution in [1.29, 1.82) is 0 Å². The molecule has 0 aromatic heterocycles. The second-order valence-corrected chi connectivity index (χ2v) is 5.27. The Morgan fingerprint density at radius 3 is 2.20 bits per heavy atom. The third-order valence-electron chi connectivity index (χ3n) is 4.03. The first kappa shape index (κ1) is 11.4. The Labute approximate surface area is 93.0 Å². The van der Waals surface area contributed by atoms with Crippen LogP contribution in [0.4, 0.5) is 0 Å². The number of aliphatic hydroxyl groups excluding tert-OH is 1. The minimum atomic E-state index is -0.481. The lowest BCUT2D eigenvalue weighted by Gasteiger charge is -2.27. The van der Waals surface area contributed by atoms with Crippen molar-refractivity contribution < 1.29 is 9.84 Å². The van der Waals surface area contributed by atoms with Gasteiger partial charge >= 0.3 is 0 Å². The number of rotatable bonds is 4. The number of hydrogen-bond donors (Lipinski definition) is 1. The third-order valence-corrected chi connectivity index (χ3v) is 4.03. The van der Waals surface area contributed by atoms with Gasteiger partial charge in [-0.1, -0.05) is 32.1 Å². The van der Waals surface area contributed by atoms with Crippen molar-refractivity contribution in [3.05, 3.63) is 0 Å². The lowest BCUT2D eigenvalue weighted by molar-refractivity contribution is -0.148. The van der Waals surface area contributed by atoms with E-state index < -0.39 is 6.29 Å². The molecule has 2 heteroatoms. The van der Waals surface area contributed by atoms with E-state index >= 15 is 0 Å². The highest BCUT2D eigenvalue weighted by molar-refractivity contribution is 4.70. The normalized spacial score (nSPS) is 27.0. The van der Waals surface area contributed by atoms with Crippen LogP contribution in [0.15, 0.2) is 0 Å². The summed E-state index contributed by atoms with van der Waals surface area (Å²) in [5, 5.41) is 9.91. The van der Waals surface area contributed by atoms with Crippen LogP contribution in [0.25, 0.3) is 0 Å². The lowest BCUT2D eigenvalue weighted by Crippen LogP contribution is -2.27. The molecular weight excluding hydrogens is 188 g/mol. The molecule has 2 aliphatic rings. The summed E-state index contributed by atoms with van der Waals surface area (Å²) in [5.41, 5.74) is 0. The number of hydrogen-bond acceptors (Lipinski definition) is 2. The highest BCUT2D eigenvalue weighted by Crippen LogP contribution is 2.29. The summed E-state index contributed by atoms with van der Waals surface area (Å²) in [6.45, 7) is 0.789. The number of ether oxygens (including phenoxy) is 1. The Kier molecular flexibility index (Phi) is 4.45. The first-order valence-corrected chi connectivity index (χ1v) is 6.66. The summed E-state index contributed by atoms with van der Waals surface area (Å²) in [4.78, 5) is 0. The molecule has 0 saturated heterocycles. The SMILES string of the molecule is OC(OCC1CCCC1)C1CCCCC1. The summed E-state index contributed by atoms with van der Waals surface area (Å²) >= 11 is 0. The van der Waals surface area contributed by atoms with Crippen molar-refractivity contribution in [2.24, 2.45) is 11.8 Å². The second kappa shape index (κ2) is 5.86. The Bertz CT molecular complexity index is 169. The van der Waals surface area contributed by atoms with E-state index in [0.29, 0.717) is 5.92 Å². The molecule has 0 spiro atoms. The maximum atomic E-state index is 9.91. The predicted octanol–water partition coefficient (Wildman–Crippen LogP) is 3.09. The maximum Gasteiger partial charge on any atom is 0.157 e. The second-order valence-electron chi connectivity index (χ2n) is 5.27. The van der Waals surface area contributed by atoms with E-state index in [0.717, 1.165) is 25.4 Å². The van der Waals surface area contributed by atoms with Crippen LogP contribution in [0, 0.1) is 11.8 Å². The summed E-state index contributed by atoms with van der Waals surface area (Å²) in [6.07, 6.45) is 11.0. The molecule has 2 aliphatic carbocycles. The summed E-state index contributed by atoms with van der Waals surface area (Å²) in [7, 11) is 0. The first-order valence-electron chi connectivity index (χ1n) is 6.66. The van der Waals surface area contributed by atoms with Gasteiger partial charge in [0.2, 0.25) is 0 Å². The van der Waals surface area contributed by atoms with Gasteiger partial charge < -0.3 is 9.84 Å². The monoisotopic (exact) mass is 212 g/mol. The zero-order chi connectivity index (χ0) is 10.5. The molecule has 15 heavy (non-hydrogen) atoms. The highest BCUT2D eigenvalue weighted by Gasteiger charge is 2.24. The zero-order valence-electron chi connectivity index (χ0n) is 9.66. The molecule has 0 radical (unpaired) electrons. The molecule has 2 nitrogen and oxygen atoms in total. The Morgan fingerprint density at radius 2 is 1.53 bits per heavy atom. The Hall–Kier alpha value is -0.0800. The van der Waals surface area contributed by atoms with Gasteiger partial charge in [-0.15, -0.1) is 0 Å². The maximum absolute atomic E-state index is 9.91. The smallest absolute Gasteiger partial charge is 0.157 e. The topological polar surface area (TPSA) is 29.5 Å². The summed E-state index contributed by atoms with van der Waals surface area (Å²) in [6, 6.07) is 0. The molecule has 88 valence electrons. The van der Waals surface area contributed by atoms with Crippen molar-refractivity contribution in [2.75, 3.05) is 6.61 Å². The molecule has 1 N–H and O–H groups in total. The fourth-order valence-electron chi connectivity index (χ4n) is 2.97. The minimum Gasteiger partial charge on any atom is -0.368 e. The van der Waals surface area contributed by atoms with Crippen LogP contribution < -0.4 is 0 Å². The van der Waals surface area contributed by atoms with E-state index in [1.54, 1.807) is 0 Å². The molecule has 0 aromatic rings. The van der Waals surface area contributed by atoms with Gasteiger partial charge in [-0.25, -0.2) is 0 Å². The van der Waals surface area contributed by atoms with Crippen LogP contribution in [-0.2, 0) is 4.74 Å². The molecule has 0 aromatic carbocycles. The van der Waals surface area contributed by atoms with Gasteiger partial charge in [0, 0.05) is 5.92 Å². The van der Waals surface area contributed by atoms with Crippen LogP contribution >= 0.6 is 0 Å². The summed E-state index contributed by atoms with van der Waals surface area (Å²) < 4.78 is 5.62. The number of aliphatic hydroxyl groups is 1. The van der Waals surface area contributed by atoms with Crippen molar-refractivity contribution in [3.8, 4) is 0 Å². The van der Waals surface area contributed by atoms with Crippen molar-refractivity contribution >= 4 is 0 Å². The van der Waals surface area contributed by atoms with Gasteiger partial charge in [0.15, 0.2) is 6.29 Å². The van der Waals surface area contributed by atoms with Gasteiger partial charge in [0.25, 0.3) is 0 Å². The van der Waals surface area contributed by atoms with Gasteiger partial charge in [-0.2, -0.15) is 0 Å². The van der Waals surface area contributed by atoms with Crippen LogP contribution in [-0.4, -0.2) is 18.0 Å². The largest absolute Gasteiger partial charge is 0.368 e.